The second-order valence-electron chi connectivity index (χ2n) is 7.73. The van der Waals surface area contributed by atoms with Crippen molar-refractivity contribution in [2.24, 2.45) is 4.99 Å². The number of guanidine groups is 1. The number of rotatable bonds is 6. The van der Waals surface area contributed by atoms with E-state index in [2.05, 4.69) is 44.8 Å². The van der Waals surface area contributed by atoms with Gasteiger partial charge in [0.2, 0.25) is 5.91 Å². The van der Waals surface area contributed by atoms with E-state index in [1.807, 2.05) is 6.07 Å². The predicted molar refractivity (Wildman–Crippen MR) is 113 cm³/mol. The van der Waals surface area contributed by atoms with Crippen LogP contribution < -0.4 is 15.5 Å². The summed E-state index contributed by atoms with van der Waals surface area (Å²) in [4.78, 5) is 20.5. The van der Waals surface area contributed by atoms with Crippen LogP contribution >= 0.6 is 0 Å². The lowest BCUT2D eigenvalue weighted by Crippen LogP contribution is -2.52. The molecule has 0 spiro atoms. The topological polar surface area (TPSA) is 69.2 Å². The molecule has 0 radical (unpaired) electrons. The van der Waals surface area contributed by atoms with Gasteiger partial charge in [-0.05, 0) is 37.8 Å². The van der Waals surface area contributed by atoms with Crippen molar-refractivity contribution in [3.05, 3.63) is 30.3 Å². The largest absolute Gasteiger partial charge is 0.376 e. The highest BCUT2D eigenvalue weighted by atomic mass is 16.5. The highest BCUT2D eigenvalue weighted by Gasteiger charge is 2.22. The van der Waals surface area contributed by atoms with E-state index in [-0.39, 0.29) is 18.6 Å². The average Bonchev–Trinajstić information content (AvgIpc) is 3.24. The maximum Gasteiger partial charge on any atom is 0.243 e. The van der Waals surface area contributed by atoms with Gasteiger partial charge in [-0.25, -0.2) is 4.99 Å². The zero-order chi connectivity index (χ0) is 19.8. The zero-order valence-electron chi connectivity index (χ0n) is 17.1. The fourth-order valence-electron chi connectivity index (χ4n) is 3.62. The first-order valence-corrected chi connectivity index (χ1v) is 10.3. The number of benzene rings is 1. The van der Waals surface area contributed by atoms with Gasteiger partial charge < -0.3 is 25.2 Å². The summed E-state index contributed by atoms with van der Waals surface area (Å²) < 4.78 is 5.70. The van der Waals surface area contributed by atoms with Crippen molar-refractivity contribution in [2.75, 3.05) is 51.8 Å². The summed E-state index contributed by atoms with van der Waals surface area (Å²) in [7, 11) is 3.51. The Labute approximate surface area is 168 Å². The van der Waals surface area contributed by atoms with Crippen molar-refractivity contribution >= 4 is 17.6 Å². The first kappa shape index (κ1) is 20.5. The van der Waals surface area contributed by atoms with Crippen LogP contribution in [-0.2, 0) is 9.53 Å². The highest BCUT2D eigenvalue weighted by Crippen LogP contribution is 2.19. The molecule has 0 bridgehead atoms. The molecule has 1 aromatic rings. The molecule has 1 amide bonds. The van der Waals surface area contributed by atoms with E-state index >= 15 is 0 Å². The minimum atomic E-state index is -0.00669. The van der Waals surface area contributed by atoms with Crippen molar-refractivity contribution in [3.63, 3.8) is 0 Å². The number of anilines is 1. The lowest BCUT2D eigenvalue weighted by atomic mass is 10.0. The molecule has 2 aliphatic rings. The number of piperidine rings is 1. The summed E-state index contributed by atoms with van der Waals surface area (Å²) in [5, 5.41) is 6.93. The molecule has 154 valence electrons. The molecular formula is C21H33N5O2. The van der Waals surface area contributed by atoms with Gasteiger partial charge in [-0.2, -0.15) is 0 Å². The van der Waals surface area contributed by atoms with Gasteiger partial charge in [0.05, 0.1) is 6.10 Å². The molecule has 2 fully saturated rings. The van der Waals surface area contributed by atoms with Gasteiger partial charge in [0, 0.05) is 52.1 Å². The van der Waals surface area contributed by atoms with Crippen LogP contribution in [0.1, 0.15) is 25.7 Å². The van der Waals surface area contributed by atoms with Gasteiger partial charge in [0.1, 0.15) is 6.54 Å². The maximum atomic E-state index is 12.0. The smallest absolute Gasteiger partial charge is 0.243 e. The monoisotopic (exact) mass is 387 g/mol. The van der Waals surface area contributed by atoms with E-state index in [1.54, 1.807) is 19.0 Å². The highest BCUT2D eigenvalue weighted by molar-refractivity contribution is 5.85. The van der Waals surface area contributed by atoms with Gasteiger partial charge in [0.25, 0.3) is 0 Å². The first-order chi connectivity index (χ1) is 13.6. The van der Waals surface area contributed by atoms with Crippen LogP contribution in [0.15, 0.2) is 35.3 Å². The SMILES string of the molecule is CN(C)C(=O)CN=C(NCC1CCCO1)NC1CCCN(c2ccccc2)C1. The number of aliphatic imine (C=N–C) groups is 1. The lowest BCUT2D eigenvalue weighted by Gasteiger charge is -2.35. The summed E-state index contributed by atoms with van der Waals surface area (Å²) >= 11 is 0. The third kappa shape index (κ3) is 6.12. The number of likely N-dealkylation sites (N-methyl/N-ethyl adjacent to an activating group) is 1. The van der Waals surface area contributed by atoms with Crippen molar-refractivity contribution < 1.29 is 9.53 Å². The summed E-state index contributed by atoms with van der Waals surface area (Å²) in [6.45, 7) is 3.68. The van der Waals surface area contributed by atoms with Crippen LogP contribution in [0, 0.1) is 0 Å². The summed E-state index contributed by atoms with van der Waals surface area (Å²) in [5.41, 5.74) is 1.25. The number of nitrogens with zero attached hydrogens (tertiary/aromatic N) is 3. The zero-order valence-corrected chi connectivity index (χ0v) is 17.1. The molecule has 2 heterocycles. The number of hydrogen-bond donors (Lipinski definition) is 2. The van der Waals surface area contributed by atoms with Gasteiger partial charge >= 0.3 is 0 Å². The number of ether oxygens (including phenoxy) is 1. The number of nitrogens with one attached hydrogen (secondary N) is 2. The van der Waals surface area contributed by atoms with Crippen LogP contribution in [0.2, 0.25) is 0 Å². The average molecular weight is 388 g/mol. The molecule has 0 aromatic heterocycles. The Kier molecular flexibility index (Phi) is 7.54. The van der Waals surface area contributed by atoms with Gasteiger partial charge in [-0.15, -0.1) is 0 Å². The molecule has 2 N–H and O–H groups in total. The third-order valence-electron chi connectivity index (χ3n) is 5.28. The molecular weight excluding hydrogens is 354 g/mol. The minimum absolute atomic E-state index is 0.00669. The molecule has 0 aliphatic carbocycles. The molecule has 2 unspecified atom stereocenters. The number of hydrogen-bond acceptors (Lipinski definition) is 4. The Balaban J connectivity index is 1.59. The van der Waals surface area contributed by atoms with Crippen molar-refractivity contribution in [3.8, 4) is 0 Å². The van der Waals surface area contributed by atoms with Gasteiger partial charge in [-0.3, -0.25) is 4.79 Å². The summed E-state index contributed by atoms with van der Waals surface area (Å²) in [6.07, 6.45) is 4.62. The van der Waals surface area contributed by atoms with E-state index in [0.29, 0.717) is 12.0 Å². The summed E-state index contributed by atoms with van der Waals surface area (Å²) in [6, 6.07) is 10.8. The molecule has 2 aliphatic heterocycles. The van der Waals surface area contributed by atoms with E-state index in [9.17, 15) is 4.79 Å². The molecule has 7 heteroatoms. The van der Waals surface area contributed by atoms with E-state index in [0.717, 1.165) is 51.9 Å². The molecule has 7 nitrogen and oxygen atoms in total. The van der Waals surface area contributed by atoms with Crippen molar-refractivity contribution in [1.82, 2.24) is 15.5 Å². The Bertz CT molecular complexity index is 643. The molecule has 2 saturated heterocycles. The van der Waals surface area contributed by atoms with Crippen LogP contribution in [0.3, 0.4) is 0 Å². The Morgan fingerprint density at radius 1 is 1.25 bits per heavy atom. The second-order valence-corrected chi connectivity index (χ2v) is 7.73. The Morgan fingerprint density at radius 3 is 2.79 bits per heavy atom. The summed E-state index contributed by atoms with van der Waals surface area (Å²) in [5.74, 6) is 0.693. The number of para-hydroxylation sites is 1. The Morgan fingerprint density at radius 2 is 2.07 bits per heavy atom. The molecule has 0 saturated carbocycles. The predicted octanol–water partition coefficient (Wildman–Crippen LogP) is 1.46. The van der Waals surface area contributed by atoms with E-state index in [4.69, 9.17) is 4.74 Å². The van der Waals surface area contributed by atoms with Crippen LogP contribution in [-0.4, -0.2) is 75.8 Å². The minimum Gasteiger partial charge on any atom is -0.376 e. The third-order valence-corrected chi connectivity index (χ3v) is 5.28. The quantitative estimate of drug-likeness (QED) is 0.571. The fraction of sp³-hybridized carbons (Fsp3) is 0.619. The fourth-order valence-corrected chi connectivity index (χ4v) is 3.62. The first-order valence-electron chi connectivity index (χ1n) is 10.3. The maximum absolute atomic E-state index is 12.0. The van der Waals surface area contributed by atoms with Crippen LogP contribution in [0.25, 0.3) is 0 Å². The van der Waals surface area contributed by atoms with Crippen molar-refractivity contribution in [2.45, 2.75) is 37.8 Å². The Hall–Kier alpha value is -2.28. The molecule has 28 heavy (non-hydrogen) atoms. The van der Waals surface area contributed by atoms with Crippen molar-refractivity contribution in [1.29, 1.82) is 0 Å². The molecule has 3 rings (SSSR count). The number of carbonyl (C=O) groups is 1. The molecule has 2 atom stereocenters. The standard InChI is InChI=1S/C21H33N5O2/c1-25(2)20(27)15-23-21(22-14-19-11-7-13-28-19)24-17-8-6-12-26(16-17)18-9-4-3-5-10-18/h3-5,9-10,17,19H,6-8,11-16H2,1-2H3,(H2,22,23,24). The number of amides is 1. The van der Waals surface area contributed by atoms with E-state index < -0.39 is 0 Å². The lowest BCUT2D eigenvalue weighted by molar-refractivity contribution is -0.127. The second kappa shape index (κ2) is 10.3. The van der Waals surface area contributed by atoms with E-state index in [1.165, 1.54) is 5.69 Å². The van der Waals surface area contributed by atoms with Crippen LogP contribution in [0.5, 0.6) is 0 Å². The molecule has 1 aromatic carbocycles. The van der Waals surface area contributed by atoms with Gasteiger partial charge in [-0.1, -0.05) is 18.2 Å². The normalized spacial score (nSPS) is 22.8. The number of carbonyl (C=O) groups excluding carboxylic acids is 1. The van der Waals surface area contributed by atoms with Gasteiger partial charge in [0.15, 0.2) is 5.96 Å². The van der Waals surface area contributed by atoms with Crippen LogP contribution in [0.4, 0.5) is 5.69 Å².